The predicted octanol–water partition coefficient (Wildman–Crippen LogP) is 9.34. The molecule has 4 nitrogen and oxygen atoms in total. The molecular weight excluding hydrogens is 971 g/mol. The molecule has 2 heterocycles. The van der Waals surface area contributed by atoms with Gasteiger partial charge in [-0.05, 0) is 0 Å². The summed E-state index contributed by atoms with van der Waals surface area (Å²) in [7, 11) is -5.31. The van der Waals surface area contributed by atoms with Gasteiger partial charge < -0.3 is 0 Å². The van der Waals surface area contributed by atoms with Crippen molar-refractivity contribution in [1.29, 1.82) is 0 Å². The molecule has 222 valence electrons. The third kappa shape index (κ3) is 6.32. The average Bonchev–Trinajstić information content (AvgIpc) is 2.87. The van der Waals surface area contributed by atoms with Crippen molar-refractivity contribution in [3.8, 4) is 0 Å². The second-order valence-corrected chi connectivity index (χ2v) is 48.3. The van der Waals surface area contributed by atoms with E-state index in [0.29, 0.717) is 0 Å². The molecule has 42 heavy (non-hydrogen) atoms. The summed E-state index contributed by atoms with van der Waals surface area (Å²) in [6.45, 7) is 29.9. The Labute approximate surface area is 283 Å². The van der Waals surface area contributed by atoms with E-state index in [1.54, 1.807) is 0 Å². The molecule has 0 N–H and O–H groups in total. The second-order valence-electron chi connectivity index (χ2n) is 15.4. The minimum absolute atomic E-state index is 0.880. The molecule has 10 heteroatoms. The fourth-order valence-corrected chi connectivity index (χ4v) is 33.1. The Morgan fingerprint density at radius 3 is 0.762 bits per heavy atom. The zero-order valence-electron chi connectivity index (χ0n) is 27.6. The number of rotatable bonds is 4. The van der Waals surface area contributed by atoms with Crippen LogP contribution < -0.4 is 10.0 Å². The van der Waals surface area contributed by atoms with Gasteiger partial charge >= 0.3 is 286 Å². The standard InChI is InChI=1S/2C16H24N2Si2.2Bi/c2*1-19(2,3)17-14-11-7-9-13-10-8-12-15(16(13)14)18-20(4,5)6;;/h2*7-12H,1-6H3;;/q2*-2;2*+2. The van der Waals surface area contributed by atoms with E-state index in [9.17, 15) is 0 Å². The SMILES string of the molecule is C[Si](C)(C)[N]1[Bi][N]([Si](C)(C)C)c2cccc3cccc1c23.C[Si](C)(C)[N]1[Bi][N]([Si](C)(C)C)c2cccc3cccc1c23. The quantitative estimate of drug-likeness (QED) is 0.189. The van der Waals surface area contributed by atoms with Crippen LogP contribution in [-0.4, -0.2) is 80.6 Å². The van der Waals surface area contributed by atoms with E-state index in [4.69, 9.17) is 0 Å². The first kappa shape index (κ1) is 32.6. The molecule has 0 atom stereocenters. The van der Waals surface area contributed by atoms with Crippen molar-refractivity contribution in [2.75, 3.05) is 10.0 Å². The summed E-state index contributed by atoms with van der Waals surface area (Å²) < 4.78 is 11.5. The zero-order valence-corrected chi connectivity index (χ0v) is 38.6. The van der Waals surface area contributed by atoms with Gasteiger partial charge in [-0.15, -0.1) is 0 Å². The maximum atomic E-state index is 2.88. The summed E-state index contributed by atoms with van der Waals surface area (Å²) in [4.78, 5) is 0. The van der Waals surface area contributed by atoms with E-state index in [1.165, 1.54) is 44.3 Å². The fraction of sp³-hybridized carbons (Fsp3) is 0.375. The fourth-order valence-electron chi connectivity index (χ4n) is 5.66. The third-order valence-electron chi connectivity index (χ3n) is 7.53. The van der Waals surface area contributed by atoms with Crippen LogP contribution in [0.3, 0.4) is 0 Å². The van der Waals surface area contributed by atoms with E-state index in [1.807, 2.05) is 0 Å². The van der Waals surface area contributed by atoms with Gasteiger partial charge in [0.15, 0.2) is 0 Å². The molecule has 0 saturated heterocycles. The molecule has 2 aliphatic rings. The molecule has 0 fully saturated rings. The molecule has 0 bridgehead atoms. The van der Waals surface area contributed by atoms with Gasteiger partial charge in [0.2, 0.25) is 0 Å². The van der Waals surface area contributed by atoms with Crippen molar-refractivity contribution < 1.29 is 0 Å². The molecule has 0 aliphatic carbocycles. The first-order valence-electron chi connectivity index (χ1n) is 15.1. The summed E-state index contributed by atoms with van der Waals surface area (Å²) in [5.74, 6) is 0. The van der Waals surface area contributed by atoms with Crippen molar-refractivity contribution in [2.45, 2.75) is 78.6 Å². The average molecular weight is 1020 g/mol. The van der Waals surface area contributed by atoms with Crippen LogP contribution in [0.1, 0.15) is 0 Å². The molecule has 0 spiro atoms. The molecule has 0 unspecified atom stereocenters. The van der Waals surface area contributed by atoms with Crippen LogP contribution in [0.4, 0.5) is 22.7 Å². The Hall–Kier alpha value is -0.766. The topological polar surface area (TPSA) is 13.0 Å². The van der Waals surface area contributed by atoms with Crippen LogP contribution in [-0.2, 0) is 0 Å². The predicted molar refractivity (Wildman–Crippen MR) is 203 cm³/mol. The van der Waals surface area contributed by atoms with E-state index in [0.717, 1.165) is 0 Å². The van der Waals surface area contributed by atoms with Crippen LogP contribution >= 0.6 is 0 Å². The summed E-state index contributed by atoms with van der Waals surface area (Å²) in [5.41, 5.74) is 6.09. The molecule has 2 radical (unpaired) electrons. The Morgan fingerprint density at radius 1 is 0.357 bits per heavy atom. The number of nitrogens with zero attached hydrogens (tertiary/aromatic N) is 4. The van der Waals surface area contributed by atoms with E-state index in [-0.39, 0.29) is 0 Å². The van der Waals surface area contributed by atoms with Crippen LogP contribution in [0.15, 0.2) is 72.8 Å². The van der Waals surface area contributed by atoms with Gasteiger partial charge in [0, 0.05) is 0 Å². The molecule has 4 aromatic carbocycles. The zero-order chi connectivity index (χ0) is 30.8. The normalized spacial score (nSPS) is 15.7. The van der Waals surface area contributed by atoms with Gasteiger partial charge in [0.25, 0.3) is 0 Å². The van der Waals surface area contributed by atoms with Crippen molar-refractivity contribution in [3.05, 3.63) is 72.8 Å². The van der Waals surface area contributed by atoms with E-state index < -0.39 is 80.6 Å². The summed E-state index contributed by atoms with van der Waals surface area (Å²) in [6.07, 6.45) is 0. The van der Waals surface area contributed by atoms with Gasteiger partial charge in [0.1, 0.15) is 0 Å². The Morgan fingerprint density at radius 2 is 0.571 bits per heavy atom. The molecule has 6 rings (SSSR count). The van der Waals surface area contributed by atoms with Crippen molar-refractivity contribution in [3.63, 3.8) is 0 Å². The van der Waals surface area contributed by atoms with E-state index >= 15 is 0 Å². The molecule has 0 saturated carbocycles. The summed E-state index contributed by atoms with van der Waals surface area (Å²) >= 11 is -1.76. The first-order valence-corrected chi connectivity index (χ1v) is 35.1. The first-order chi connectivity index (χ1) is 19.4. The van der Waals surface area contributed by atoms with Crippen LogP contribution in [0.2, 0.25) is 78.6 Å². The molecule has 2 aliphatic heterocycles. The van der Waals surface area contributed by atoms with Crippen molar-refractivity contribution >= 4 is 125 Å². The van der Waals surface area contributed by atoms with Crippen LogP contribution in [0.25, 0.3) is 21.5 Å². The molecule has 4 aromatic rings. The maximum absolute atomic E-state index is 2.88. The summed E-state index contributed by atoms with van der Waals surface area (Å²) in [6, 6.07) is 27.4. The van der Waals surface area contributed by atoms with Gasteiger partial charge in [-0.1, -0.05) is 0 Å². The monoisotopic (exact) mass is 1020 g/mol. The van der Waals surface area contributed by atoms with Gasteiger partial charge in [-0.2, -0.15) is 0 Å². The van der Waals surface area contributed by atoms with E-state index in [2.05, 4.69) is 161 Å². The molecular formula is C32H48Bi2N4Si4. The third-order valence-corrected chi connectivity index (χ3v) is 50.8. The Balaban J connectivity index is 0.000000168. The van der Waals surface area contributed by atoms with Crippen molar-refractivity contribution in [2.24, 2.45) is 0 Å². The molecule has 0 aromatic heterocycles. The number of benzene rings is 4. The number of hydrogen-bond donors (Lipinski definition) is 0. The number of anilines is 4. The Bertz CT molecular complexity index is 1390. The number of hydrogen-bond acceptors (Lipinski definition) is 4. The van der Waals surface area contributed by atoms with Crippen LogP contribution in [0, 0.1) is 0 Å². The van der Waals surface area contributed by atoms with Crippen LogP contribution in [0.5, 0.6) is 0 Å². The van der Waals surface area contributed by atoms with Crippen molar-refractivity contribution in [1.82, 2.24) is 0 Å². The van der Waals surface area contributed by atoms with Gasteiger partial charge in [-0.25, -0.2) is 0 Å². The van der Waals surface area contributed by atoms with Gasteiger partial charge in [-0.3, -0.25) is 0 Å². The summed E-state index contributed by atoms with van der Waals surface area (Å²) in [5, 5.41) is 5.80. The Kier molecular flexibility index (Phi) is 8.97. The molecule has 0 amide bonds. The minimum atomic E-state index is -1.33. The van der Waals surface area contributed by atoms with Gasteiger partial charge in [0.05, 0.1) is 0 Å². The second kappa shape index (κ2) is 11.5.